The van der Waals surface area contributed by atoms with Crippen LogP contribution >= 0.6 is 0 Å². The summed E-state index contributed by atoms with van der Waals surface area (Å²) in [6.07, 6.45) is 5.04. The van der Waals surface area contributed by atoms with Gasteiger partial charge in [-0.3, -0.25) is 20.9 Å². The molecule has 0 aliphatic rings. The molecule has 17 heavy (non-hydrogen) atoms. The van der Waals surface area contributed by atoms with Crippen molar-refractivity contribution in [1.29, 1.82) is 0 Å². The number of aryl methyl sites for hydroxylation is 1. The molecule has 0 aliphatic carbocycles. The van der Waals surface area contributed by atoms with E-state index in [1.807, 2.05) is 0 Å². The quantitative estimate of drug-likeness (QED) is 0.581. The van der Waals surface area contributed by atoms with Crippen molar-refractivity contribution in [3.8, 4) is 0 Å². The number of pyridine rings is 1. The van der Waals surface area contributed by atoms with Gasteiger partial charge in [-0.2, -0.15) is 0 Å². The molecule has 0 fully saturated rings. The summed E-state index contributed by atoms with van der Waals surface area (Å²) in [7, 11) is 1.78. The fourth-order valence-electron chi connectivity index (χ4n) is 1.59. The average molecular weight is 236 g/mol. The lowest BCUT2D eigenvalue weighted by Crippen LogP contribution is -2.29. The van der Waals surface area contributed by atoms with E-state index < -0.39 is 0 Å². The van der Waals surface area contributed by atoms with Gasteiger partial charge in [-0.25, -0.2) is 4.39 Å². The summed E-state index contributed by atoms with van der Waals surface area (Å²) in [5, 5.41) is 7.78. The normalized spacial score (nSPS) is 12.6. The molecule has 1 unspecified atom stereocenters. The fourth-order valence-corrected chi connectivity index (χ4v) is 1.59. The molecule has 2 aromatic heterocycles. The van der Waals surface area contributed by atoms with Gasteiger partial charge in [0.2, 0.25) is 0 Å². The van der Waals surface area contributed by atoms with Crippen LogP contribution in [0.4, 0.5) is 4.39 Å². The first-order valence-electron chi connectivity index (χ1n) is 5.11. The van der Waals surface area contributed by atoms with E-state index in [1.54, 1.807) is 24.1 Å². The highest BCUT2D eigenvalue weighted by atomic mass is 19.1. The summed E-state index contributed by atoms with van der Waals surface area (Å²) in [4.78, 5) is 3.79. The van der Waals surface area contributed by atoms with E-state index in [0.717, 1.165) is 11.9 Å². The Hall–Kier alpha value is -1.86. The second kappa shape index (κ2) is 4.98. The van der Waals surface area contributed by atoms with E-state index >= 15 is 0 Å². The molecule has 0 aromatic carbocycles. The minimum atomic E-state index is -0.387. The average Bonchev–Trinajstić information content (AvgIpc) is 2.72. The van der Waals surface area contributed by atoms with E-state index in [1.165, 1.54) is 6.07 Å². The third-order valence-corrected chi connectivity index (χ3v) is 2.39. The van der Waals surface area contributed by atoms with Gasteiger partial charge in [0.15, 0.2) is 0 Å². The van der Waals surface area contributed by atoms with E-state index in [2.05, 4.69) is 20.7 Å². The van der Waals surface area contributed by atoms with Crippen LogP contribution in [-0.4, -0.2) is 20.0 Å². The summed E-state index contributed by atoms with van der Waals surface area (Å²) in [6, 6.07) is 1.16. The van der Waals surface area contributed by atoms with Gasteiger partial charge in [0.25, 0.3) is 0 Å². The first kappa shape index (κ1) is 11.6. The highest BCUT2D eigenvalue weighted by Crippen LogP contribution is 2.16. The number of hydrogen-bond donors (Lipinski definition) is 2. The molecule has 0 aliphatic heterocycles. The Morgan fingerprint density at radius 3 is 2.94 bits per heavy atom. The highest BCUT2D eigenvalue weighted by molar-refractivity contribution is 5.17. The van der Waals surface area contributed by atoms with Gasteiger partial charge in [-0.15, -0.1) is 5.10 Å². The second-order valence-electron chi connectivity index (χ2n) is 3.74. The number of hydrogen-bond acceptors (Lipinski definition) is 5. The van der Waals surface area contributed by atoms with Crippen LogP contribution in [-0.2, 0) is 13.5 Å². The molecular formula is C10H13FN6. The molecule has 1 atom stereocenters. The van der Waals surface area contributed by atoms with E-state index in [9.17, 15) is 4.39 Å². The summed E-state index contributed by atoms with van der Waals surface area (Å²) in [6.45, 7) is 0. The summed E-state index contributed by atoms with van der Waals surface area (Å²) < 4.78 is 14.6. The zero-order chi connectivity index (χ0) is 12.3. The van der Waals surface area contributed by atoms with E-state index in [-0.39, 0.29) is 11.9 Å². The molecule has 3 N–H and O–H groups in total. The third-order valence-electron chi connectivity index (χ3n) is 2.39. The van der Waals surface area contributed by atoms with Gasteiger partial charge < -0.3 is 0 Å². The largest absolute Gasteiger partial charge is 0.271 e. The molecule has 2 rings (SSSR count). The van der Waals surface area contributed by atoms with Gasteiger partial charge >= 0.3 is 0 Å². The monoisotopic (exact) mass is 236 g/mol. The van der Waals surface area contributed by atoms with Crippen LogP contribution in [0, 0.1) is 5.82 Å². The van der Waals surface area contributed by atoms with Crippen molar-refractivity contribution in [3.63, 3.8) is 0 Å². The predicted octanol–water partition coefficient (Wildman–Crippen LogP) is 0.0963. The fraction of sp³-hybridized carbons (Fsp3) is 0.300. The highest BCUT2D eigenvalue weighted by Gasteiger charge is 2.13. The standard InChI is InChI=1S/C10H13FN6/c1-17-6-9(15-16-17)3-10(14-12)7-2-8(11)5-13-4-7/h2,4-6,10,14H,3,12H2,1H3. The molecule has 0 amide bonds. The maximum absolute atomic E-state index is 13.0. The number of halogens is 1. The Morgan fingerprint density at radius 2 is 2.35 bits per heavy atom. The van der Waals surface area contributed by atoms with Gasteiger partial charge in [0.1, 0.15) is 5.82 Å². The summed E-state index contributed by atoms with van der Waals surface area (Å²) in [5.74, 6) is 5.07. The van der Waals surface area contributed by atoms with Gasteiger partial charge in [-0.1, -0.05) is 5.21 Å². The molecule has 7 heteroatoms. The van der Waals surface area contributed by atoms with Crippen molar-refractivity contribution < 1.29 is 4.39 Å². The van der Waals surface area contributed by atoms with Gasteiger partial charge in [0.05, 0.1) is 17.9 Å². The Bertz CT molecular complexity index is 497. The molecular weight excluding hydrogens is 223 g/mol. The summed E-state index contributed by atoms with van der Waals surface area (Å²) >= 11 is 0. The van der Waals surface area contributed by atoms with Crippen LogP contribution in [0.15, 0.2) is 24.7 Å². The lowest BCUT2D eigenvalue weighted by atomic mass is 10.1. The molecule has 0 spiro atoms. The van der Waals surface area contributed by atoms with Crippen LogP contribution in [0.3, 0.4) is 0 Å². The molecule has 0 saturated carbocycles. The smallest absolute Gasteiger partial charge is 0.141 e. The number of rotatable bonds is 4. The van der Waals surface area contributed by atoms with Gasteiger partial charge in [-0.05, 0) is 11.6 Å². The molecule has 0 radical (unpaired) electrons. The van der Waals surface area contributed by atoms with Crippen molar-refractivity contribution in [1.82, 2.24) is 25.4 Å². The molecule has 90 valence electrons. The zero-order valence-electron chi connectivity index (χ0n) is 9.34. The lowest BCUT2D eigenvalue weighted by Gasteiger charge is -2.14. The lowest BCUT2D eigenvalue weighted by molar-refractivity contribution is 0.535. The van der Waals surface area contributed by atoms with Crippen LogP contribution < -0.4 is 11.3 Å². The molecule has 0 bridgehead atoms. The number of nitrogens with two attached hydrogens (primary N) is 1. The number of aromatic nitrogens is 4. The minimum absolute atomic E-state index is 0.241. The first-order valence-corrected chi connectivity index (χ1v) is 5.11. The number of hydrazine groups is 1. The predicted molar refractivity (Wildman–Crippen MR) is 59.0 cm³/mol. The van der Waals surface area contributed by atoms with Crippen molar-refractivity contribution in [3.05, 3.63) is 41.7 Å². The van der Waals surface area contributed by atoms with Crippen molar-refractivity contribution in [2.45, 2.75) is 12.5 Å². The van der Waals surface area contributed by atoms with Crippen LogP contribution in [0.2, 0.25) is 0 Å². The molecule has 2 heterocycles. The topological polar surface area (TPSA) is 81.7 Å². The van der Waals surface area contributed by atoms with E-state index in [0.29, 0.717) is 12.0 Å². The number of nitrogens with zero attached hydrogens (tertiary/aromatic N) is 4. The van der Waals surface area contributed by atoms with Crippen molar-refractivity contribution in [2.24, 2.45) is 12.9 Å². The third kappa shape index (κ3) is 2.83. The van der Waals surface area contributed by atoms with Crippen LogP contribution in [0.5, 0.6) is 0 Å². The SMILES string of the molecule is Cn1cc(CC(NN)c2cncc(F)c2)nn1. The maximum Gasteiger partial charge on any atom is 0.141 e. The maximum atomic E-state index is 13.0. The number of nitrogens with one attached hydrogen (secondary N) is 1. The van der Waals surface area contributed by atoms with Gasteiger partial charge in [0, 0.05) is 25.9 Å². The first-order chi connectivity index (χ1) is 8.19. The Morgan fingerprint density at radius 1 is 1.53 bits per heavy atom. The Balaban J connectivity index is 2.16. The summed E-state index contributed by atoms with van der Waals surface area (Å²) in [5.41, 5.74) is 4.08. The molecule has 0 saturated heterocycles. The van der Waals surface area contributed by atoms with E-state index in [4.69, 9.17) is 5.84 Å². The van der Waals surface area contributed by atoms with Crippen molar-refractivity contribution >= 4 is 0 Å². The zero-order valence-corrected chi connectivity index (χ0v) is 9.34. The van der Waals surface area contributed by atoms with Crippen LogP contribution in [0.25, 0.3) is 0 Å². The Labute approximate surface area is 97.6 Å². The molecule has 6 nitrogen and oxygen atoms in total. The Kier molecular flexibility index (Phi) is 3.40. The minimum Gasteiger partial charge on any atom is -0.271 e. The van der Waals surface area contributed by atoms with Crippen molar-refractivity contribution in [2.75, 3.05) is 0 Å². The van der Waals surface area contributed by atoms with Crippen LogP contribution in [0.1, 0.15) is 17.3 Å². The second-order valence-corrected chi connectivity index (χ2v) is 3.74. The molecule has 2 aromatic rings.